The summed E-state index contributed by atoms with van der Waals surface area (Å²) in [6.45, 7) is 0.217. The summed E-state index contributed by atoms with van der Waals surface area (Å²) in [5, 5.41) is 2.97. The molecule has 7 nitrogen and oxygen atoms in total. The Labute approximate surface area is 162 Å². The average Bonchev–Trinajstić information content (AvgIpc) is 3.00. The number of rotatable bonds is 5. The molecule has 2 amide bonds. The number of carbonyl (C=O) groups excluding carboxylic acids is 2. The second kappa shape index (κ2) is 7.67. The van der Waals surface area contributed by atoms with Crippen LogP contribution in [-0.2, 0) is 14.8 Å². The van der Waals surface area contributed by atoms with Gasteiger partial charge in [-0.15, -0.1) is 0 Å². The molecular weight excluding hydrogens is 390 g/mol. The quantitative estimate of drug-likeness (QED) is 0.789. The van der Waals surface area contributed by atoms with Crippen LogP contribution in [0.5, 0.6) is 0 Å². The zero-order chi connectivity index (χ0) is 19.6. The van der Waals surface area contributed by atoms with Gasteiger partial charge in [-0.1, -0.05) is 17.7 Å². The van der Waals surface area contributed by atoms with Gasteiger partial charge in [0.05, 0.1) is 4.90 Å². The summed E-state index contributed by atoms with van der Waals surface area (Å²) in [6.07, 6.45) is 0.0576. The minimum Gasteiger partial charge on any atom is -0.355 e. The van der Waals surface area contributed by atoms with E-state index in [9.17, 15) is 18.0 Å². The lowest BCUT2D eigenvalue weighted by molar-refractivity contribution is -0.117. The average molecular weight is 408 g/mol. The number of benzene rings is 2. The third-order valence-electron chi connectivity index (χ3n) is 4.22. The molecule has 142 valence electrons. The molecule has 1 aliphatic heterocycles. The highest BCUT2D eigenvalue weighted by molar-refractivity contribution is 7.89. The number of sulfonamides is 1. The van der Waals surface area contributed by atoms with E-state index in [4.69, 9.17) is 11.6 Å². The van der Waals surface area contributed by atoms with Crippen molar-refractivity contribution >= 4 is 39.1 Å². The summed E-state index contributed by atoms with van der Waals surface area (Å²) in [5.41, 5.74) is 0.990. The van der Waals surface area contributed by atoms with Crippen molar-refractivity contribution in [2.45, 2.75) is 17.4 Å². The Hall–Kier alpha value is -2.42. The van der Waals surface area contributed by atoms with Crippen molar-refractivity contribution in [1.82, 2.24) is 10.0 Å². The molecule has 2 N–H and O–H groups in total. The van der Waals surface area contributed by atoms with E-state index in [-0.39, 0.29) is 29.7 Å². The number of hydrogen-bond acceptors (Lipinski definition) is 4. The Bertz CT molecular complexity index is 976. The predicted octanol–water partition coefficient (Wildman–Crippen LogP) is 1.78. The normalized spacial score (nSPS) is 17.2. The topological polar surface area (TPSA) is 95.6 Å². The van der Waals surface area contributed by atoms with Crippen molar-refractivity contribution in [2.75, 3.05) is 18.5 Å². The first-order valence-corrected chi connectivity index (χ1v) is 10.1. The molecule has 27 heavy (non-hydrogen) atoms. The first-order valence-electron chi connectivity index (χ1n) is 8.20. The van der Waals surface area contributed by atoms with Gasteiger partial charge >= 0.3 is 0 Å². The van der Waals surface area contributed by atoms with Crippen LogP contribution in [0, 0.1) is 0 Å². The zero-order valence-electron chi connectivity index (χ0n) is 14.5. The smallest absolute Gasteiger partial charge is 0.251 e. The van der Waals surface area contributed by atoms with Gasteiger partial charge in [-0.25, -0.2) is 13.1 Å². The lowest BCUT2D eigenvalue weighted by Crippen LogP contribution is -2.37. The monoisotopic (exact) mass is 407 g/mol. The molecule has 1 unspecified atom stereocenters. The lowest BCUT2D eigenvalue weighted by atomic mass is 10.2. The molecule has 0 bridgehead atoms. The highest BCUT2D eigenvalue weighted by Gasteiger charge is 2.33. The van der Waals surface area contributed by atoms with Gasteiger partial charge in [0.2, 0.25) is 15.9 Å². The summed E-state index contributed by atoms with van der Waals surface area (Å²) in [5.74, 6) is -0.481. The predicted molar refractivity (Wildman–Crippen MR) is 102 cm³/mol. The maximum absolute atomic E-state index is 12.6. The molecule has 1 saturated heterocycles. The van der Waals surface area contributed by atoms with Crippen LogP contribution in [0.2, 0.25) is 5.02 Å². The van der Waals surface area contributed by atoms with Gasteiger partial charge in [-0.2, -0.15) is 0 Å². The van der Waals surface area contributed by atoms with Crippen molar-refractivity contribution in [3.05, 3.63) is 59.1 Å². The first-order chi connectivity index (χ1) is 12.8. The van der Waals surface area contributed by atoms with E-state index in [2.05, 4.69) is 10.0 Å². The van der Waals surface area contributed by atoms with Crippen LogP contribution >= 0.6 is 11.6 Å². The number of halogens is 1. The standard InChI is InChI=1S/C18H18ClN3O4S/c1-20-18(24)12-5-7-16(8-6-12)27(25,26)21-14-10-17(23)22(11-14)15-4-2-3-13(19)9-15/h2-9,14,21H,10-11H2,1H3,(H,20,24). The van der Waals surface area contributed by atoms with Gasteiger partial charge in [0, 0.05) is 42.3 Å². The van der Waals surface area contributed by atoms with E-state index in [1.54, 1.807) is 24.3 Å². The molecule has 2 aromatic carbocycles. The largest absolute Gasteiger partial charge is 0.355 e. The molecule has 0 saturated carbocycles. The van der Waals surface area contributed by atoms with Crippen molar-refractivity contribution in [1.29, 1.82) is 0 Å². The molecule has 9 heteroatoms. The number of anilines is 1. The number of hydrogen-bond donors (Lipinski definition) is 2. The number of carbonyl (C=O) groups is 2. The second-order valence-electron chi connectivity index (χ2n) is 6.11. The van der Waals surface area contributed by atoms with Gasteiger partial charge in [0.25, 0.3) is 5.91 Å². The lowest BCUT2D eigenvalue weighted by Gasteiger charge is -2.17. The molecule has 1 fully saturated rings. The van der Waals surface area contributed by atoms with Crippen LogP contribution in [0.3, 0.4) is 0 Å². The van der Waals surface area contributed by atoms with Crippen LogP contribution < -0.4 is 14.9 Å². The van der Waals surface area contributed by atoms with Crippen molar-refractivity contribution < 1.29 is 18.0 Å². The highest BCUT2D eigenvalue weighted by atomic mass is 35.5. The molecule has 0 aliphatic carbocycles. The molecule has 1 aliphatic rings. The van der Waals surface area contributed by atoms with Crippen LogP contribution in [0.25, 0.3) is 0 Å². The molecule has 2 aromatic rings. The van der Waals surface area contributed by atoms with Crippen LogP contribution in [0.1, 0.15) is 16.8 Å². The Morgan fingerprint density at radius 2 is 1.89 bits per heavy atom. The Morgan fingerprint density at radius 1 is 1.19 bits per heavy atom. The second-order valence-corrected chi connectivity index (χ2v) is 8.26. The van der Waals surface area contributed by atoms with E-state index in [0.717, 1.165) is 0 Å². The van der Waals surface area contributed by atoms with Gasteiger partial charge in [0.1, 0.15) is 0 Å². The van der Waals surface area contributed by atoms with E-state index < -0.39 is 16.1 Å². The maximum Gasteiger partial charge on any atom is 0.251 e. The summed E-state index contributed by atoms with van der Waals surface area (Å²) < 4.78 is 27.7. The summed E-state index contributed by atoms with van der Waals surface area (Å²) in [6, 6.07) is 11.9. The zero-order valence-corrected chi connectivity index (χ0v) is 16.0. The van der Waals surface area contributed by atoms with E-state index >= 15 is 0 Å². The molecule has 0 radical (unpaired) electrons. The Kier molecular flexibility index (Phi) is 5.50. The summed E-state index contributed by atoms with van der Waals surface area (Å²) in [4.78, 5) is 25.4. The summed E-state index contributed by atoms with van der Waals surface area (Å²) >= 11 is 5.96. The van der Waals surface area contributed by atoms with Crippen LogP contribution in [0.4, 0.5) is 5.69 Å². The van der Waals surface area contributed by atoms with Gasteiger partial charge in [0.15, 0.2) is 0 Å². The van der Waals surface area contributed by atoms with Crippen molar-refractivity contribution in [3.63, 3.8) is 0 Å². The first kappa shape index (κ1) is 19.3. The fourth-order valence-corrected chi connectivity index (χ4v) is 4.31. The molecule has 0 spiro atoms. The molecule has 0 aromatic heterocycles. The fourth-order valence-electron chi connectivity index (χ4n) is 2.90. The molecule has 1 heterocycles. The van der Waals surface area contributed by atoms with E-state index in [1.807, 2.05) is 0 Å². The SMILES string of the molecule is CNC(=O)c1ccc(S(=O)(=O)NC2CC(=O)N(c3cccc(Cl)c3)C2)cc1. The van der Waals surface area contributed by atoms with Gasteiger partial charge in [-0.05, 0) is 42.5 Å². The minimum atomic E-state index is -3.82. The van der Waals surface area contributed by atoms with Crippen molar-refractivity contribution in [2.24, 2.45) is 0 Å². The maximum atomic E-state index is 12.6. The van der Waals surface area contributed by atoms with Crippen LogP contribution in [-0.4, -0.2) is 39.9 Å². The van der Waals surface area contributed by atoms with Crippen LogP contribution in [0.15, 0.2) is 53.4 Å². The highest BCUT2D eigenvalue weighted by Crippen LogP contribution is 2.25. The third kappa shape index (κ3) is 4.29. The van der Waals surface area contributed by atoms with Gasteiger partial charge in [-0.3, -0.25) is 9.59 Å². The third-order valence-corrected chi connectivity index (χ3v) is 5.99. The van der Waals surface area contributed by atoms with Gasteiger partial charge < -0.3 is 10.2 Å². The minimum absolute atomic E-state index is 0.0313. The number of nitrogens with zero attached hydrogens (tertiary/aromatic N) is 1. The number of amides is 2. The molecule has 1 atom stereocenters. The van der Waals surface area contributed by atoms with E-state index in [0.29, 0.717) is 16.3 Å². The Morgan fingerprint density at radius 3 is 2.52 bits per heavy atom. The Balaban J connectivity index is 1.73. The van der Waals surface area contributed by atoms with E-state index in [1.165, 1.54) is 36.2 Å². The summed E-state index contributed by atoms with van der Waals surface area (Å²) in [7, 11) is -2.32. The number of nitrogens with one attached hydrogen (secondary N) is 2. The molecule has 3 rings (SSSR count). The van der Waals surface area contributed by atoms with Crippen molar-refractivity contribution in [3.8, 4) is 0 Å². The fraction of sp³-hybridized carbons (Fsp3) is 0.222. The molecular formula is C18H18ClN3O4S.